The summed E-state index contributed by atoms with van der Waals surface area (Å²) < 4.78 is 52.1. The van der Waals surface area contributed by atoms with Crippen LogP contribution >= 0.6 is 12.6 Å². The monoisotopic (exact) mass is 272 g/mol. The molecule has 0 aliphatic carbocycles. The number of rotatable bonds is 1. The van der Waals surface area contributed by atoms with E-state index in [1.807, 2.05) is 0 Å². The molecule has 0 unspecified atom stereocenters. The second kappa shape index (κ2) is 4.65. The molecule has 0 N–H and O–H groups in total. The van der Waals surface area contributed by atoms with Crippen molar-refractivity contribution in [1.82, 2.24) is 0 Å². The maximum atomic E-state index is 13.6. The first-order valence-electron chi connectivity index (χ1n) is 5.04. The Morgan fingerprint density at radius 1 is 0.889 bits per heavy atom. The van der Waals surface area contributed by atoms with Gasteiger partial charge in [-0.25, -0.2) is 4.39 Å². The first kappa shape index (κ1) is 13.0. The molecule has 0 atom stereocenters. The predicted octanol–water partition coefficient (Wildman–Crippen LogP) is 4.80. The minimum atomic E-state index is -4.59. The summed E-state index contributed by atoms with van der Waals surface area (Å²) in [5, 5.41) is 0. The Bertz CT molecular complexity index is 558. The maximum absolute atomic E-state index is 13.6. The molecule has 94 valence electrons. The highest BCUT2D eigenvalue weighted by Crippen LogP contribution is 2.38. The van der Waals surface area contributed by atoms with Crippen molar-refractivity contribution in [2.24, 2.45) is 0 Å². The fourth-order valence-corrected chi connectivity index (χ4v) is 1.83. The van der Waals surface area contributed by atoms with Crippen LogP contribution in [0.2, 0.25) is 0 Å². The van der Waals surface area contributed by atoms with Crippen LogP contribution in [0.1, 0.15) is 5.56 Å². The number of hydrogen-bond acceptors (Lipinski definition) is 1. The van der Waals surface area contributed by atoms with E-state index in [9.17, 15) is 17.6 Å². The van der Waals surface area contributed by atoms with E-state index in [2.05, 4.69) is 12.6 Å². The molecule has 0 saturated carbocycles. The number of hydrogen-bond donors (Lipinski definition) is 1. The van der Waals surface area contributed by atoms with Crippen molar-refractivity contribution < 1.29 is 17.6 Å². The summed E-state index contributed by atoms with van der Waals surface area (Å²) in [7, 11) is 0. The van der Waals surface area contributed by atoms with E-state index in [4.69, 9.17) is 0 Å². The molecule has 0 amide bonds. The van der Waals surface area contributed by atoms with Gasteiger partial charge in [-0.05, 0) is 29.8 Å². The first-order chi connectivity index (χ1) is 8.39. The number of alkyl halides is 3. The average Bonchev–Trinajstić information content (AvgIpc) is 2.29. The Balaban J connectivity index is 2.66. The van der Waals surface area contributed by atoms with Crippen LogP contribution in [0.3, 0.4) is 0 Å². The molecule has 0 bridgehead atoms. The molecule has 0 nitrogen and oxygen atoms in total. The maximum Gasteiger partial charge on any atom is 0.417 e. The highest BCUT2D eigenvalue weighted by Gasteiger charge is 2.34. The summed E-state index contributed by atoms with van der Waals surface area (Å²) in [6.07, 6.45) is -4.59. The van der Waals surface area contributed by atoms with Gasteiger partial charge in [0.1, 0.15) is 5.82 Å². The lowest BCUT2D eigenvalue weighted by Crippen LogP contribution is -2.08. The van der Waals surface area contributed by atoms with Crippen molar-refractivity contribution in [3.05, 3.63) is 53.8 Å². The molecular weight excluding hydrogens is 264 g/mol. The largest absolute Gasteiger partial charge is 0.417 e. The third-order valence-electron chi connectivity index (χ3n) is 2.47. The van der Waals surface area contributed by atoms with Crippen molar-refractivity contribution in [2.45, 2.75) is 11.1 Å². The van der Waals surface area contributed by atoms with Gasteiger partial charge in [-0.15, -0.1) is 12.6 Å². The van der Waals surface area contributed by atoms with Crippen LogP contribution in [0.5, 0.6) is 0 Å². The van der Waals surface area contributed by atoms with Crippen LogP contribution in [0.25, 0.3) is 11.1 Å². The van der Waals surface area contributed by atoms with Crippen molar-refractivity contribution >= 4 is 12.6 Å². The minimum Gasteiger partial charge on any atom is -0.206 e. The van der Waals surface area contributed by atoms with E-state index in [1.54, 1.807) is 0 Å². The summed E-state index contributed by atoms with van der Waals surface area (Å²) >= 11 is 4.04. The molecule has 0 spiro atoms. The summed E-state index contributed by atoms with van der Waals surface area (Å²) in [5.74, 6) is -0.892. The van der Waals surface area contributed by atoms with Gasteiger partial charge in [-0.3, -0.25) is 0 Å². The van der Waals surface area contributed by atoms with E-state index in [1.165, 1.54) is 24.3 Å². The standard InChI is InChI=1S/C13H8F4S/c14-11-3-1-2-10(13(15,16)17)12(11)8-4-6-9(18)7-5-8/h1-7,18H. The Hall–Kier alpha value is -1.49. The molecule has 2 aromatic carbocycles. The highest BCUT2D eigenvalue weighted by molar-refractivity contribution is 7.80. The molecule has 0 aliphatic heterocycles. The topological polar surface area (TPSA) is 0 Å². The van der Waals surface area contributed by atoms with Gasteiger partial charge in [0.2, 0.25) is 0 Å². The zero-order valence-electron chi connectivity index (χ0n) is 9.00. The molecule has 0 fully saturated rings. The minimum absolute atomic E-state index is 0.179. The summed E-state index contributed by atoms with van der Waals surface area (Å²) in [6, 6.07) is 8.79. The van der Waals surface area contributed by atoms with Crippen LogP contribution in [0.4, 0.5) is 17.6 Å². The van der Waals surface area contributed by atoms with E-state index >= 15 is 0 Å². The molecule has 0 heterocycles. The van der Waals surface area contributed by atoms with Crippen LogP contribution in [-0.4, -0.2) is 0 Å². The normalized spacial score (nSPS) is 11.6. The van der Waals surface area contributed by atoms with Gasteiger partial charge in [-0.1, -0.05) is 18.2 Å². The molecule has 0 aliphatic rings. The van der Waals surface area contributed by atoms with Gasteiger partial charge in [0, 0.05) is 10.5 Å². The lowest BCUT2D eigenvalue weighted by atomic mass is 9.99. The predicted molar refractivity (Wildman–Crippen MR) is 64.1 cm³/mol. The number of thiol groups is 1. The first-order valence-corrected chi connectivity index (χ1v) is 5.49. The lowest BCUT2D eigenvalue weighted by molar-refractivity contribution is -0.137. The smallest absolute Gasteiger partial charge is 0.206 e. The van der Waals surface area contributed by atoms with Gasteiger partial charge in [0.25, 0.3) is 0 Å². The Kier molecular flexibility index (Phi) is 3.34. The second-order valence-corrected chi connectivity index (χ2v) is 4.22. The summed E-state index contributed by atoms with van der Waals surface area (Å²) in [4.78, 5) is 0.601. The van der Waals surface area contributed by atoms with Gasteiger partial charge in [0.05, 0.1) is 5.56 Å². The third kappa shape index (κ3) is 2.51. The highest BCUT2D eigenvalue weighted by atomic mass is 32.1. The van der Waals surface area contributed by atoms with E-state index in [-0.39, 0.29) is 5.56 Å². The van der Waals surface area contributed by atoms with Crippen LogP contribution < -0.4 is 0 Å². The molecule has 18 heavy (non-hydrogen) atoms. The van der Waals surface area contributed by atoms with Crippen molar-refractivity contribution in [3.8, 4) is 11.1 Å². The third-order valence-corrected chi connectivity index (χ3v) is 2.77. The average molecular weight is 272 g/mol. The van der Waals surface area contributed by atoms with E-state index in [0.29, 0.717) is 4.90 Å². The molecule has 2 aromatic rings. The molecule has 5 heteroatoms. The zero-order valence-corrected chi connectivity index (χ0v) is 9.89. The molecule has 0 radical (unpaired) electrons. The number of halogens is 4. The van der Waals surface area contributed by atoms with Crippen LogP contribution in [0, 0.1) is 5.82 Å². The molecule has 0 aromatic heterocycles. The van der Waals surface area contributed by atoms with Crippen molar-refractivity contribution in [2.75, 3.05) is 0 Å². The quantitative estimate of drug-likeness (QED) is 0.559. The summed E-state index contributed by atoms with van der Waals surface area (Å²) in [5.41, 5.74) is -1.23. The van der Waals surface area contributed by atoms with Crippen molar-refractivity contribution in [3.63, 3.8) is 0 Å². The Morgan fingerprint density at radius 2 is 1.50 bits per heavy atom. The fourth-order valence-electron chi connectivity index (χ4n) is 1.68. The van der Waals surface area contributed by atoms with Crippen molar-refractivity contribution in [1.29, 1.82) is 0 Å². The van der Waals surface area contributed by atoms with Gasteiger partial charge < -0.3 is 0 Å². The van der Waals surface area contributed by atoms with E-state index < -0.39 is 23.1 Å². The fraction of sp³-hybridized carbons (Fsp3) is 0.0769. The zero-order chi connectivity index (χ0) is 13.3. The Morgan fingerprint density at radius 3 is 2.06 bits per heavy atom. The van der Waals surface area contributed by atoms with Crippen LogP contribution in [0.15, 0.2) is 47.4 Å². The molecule has 2 rings (SSSR count). The number of benzene rings is 2. The van der Waals surface area contributed by atoms with Gasteiger partial charge in [0.15, 0.2) is 0 Å². The SMILES string of the molecule is Fc1cccc(C(F)(F)F)c1-c1ccc(S)cc1. The van der Waals surface area contributed by atoms with Crippen LogP contribution in [-0.2, 0) is 6.18 Å². The van der Waals surface area contributed by atoms with Gasteiger partial charge in [-0.2, -0.15) is 13.2 Å². The second-order valence-electron chi connectivity index (χ2n) is 3.71. The van der Waals surface area contributed by atoms with Gasteiger partial charge >= 0.3 is 6.18 Å². The Labute approximate surface area is 107 Å². The summed E-state index contributed by atoms with van der Waals surface area (Å²) in [6.45, 7) is 0. The molecule has 0 saturated heterocycles. The van der Waals surface area contributed by atoms with E-state index in [0.717, 1.165) is 18.2 Å². The molecular formula is C13H8F4S. The lowest BCUT2D eigenvalue weighted by Gasteiger charge is -2.13.